The number of amides is 1. The summed E-state index contributed by atoms with van der Waals surface area (Å²) in [7, 11) is 0. The van der Waals surface area contributed by atoms with Gasteiger partial charge in [0, 0.05) is 25.9 Å². The first-order valence-electron chi connectivity index (χ1n) is 18.1. The first kappa shape index (κ1) is 38.9. The van der Waals surface area contributed by atoms with E-state index in [1.807, 2.05) is 4.90 Å². The van der Waals surface area contributed by atoms with Gasteiger partial charge in [0.15, 0.2) is 0 Å². The summed E-state index contributed by atoms with van der Waals surface area (Å²) in [5.74, 6) is 0.301. The highest BCUT2D eigenvalue weighted by atomic mass is 16.5. The van der Waals surface area contributed by atoms with E-state index in [-0.39, 0.29) is 5.97 Å². The second kappa shape index (κ2) is 32.5. The molecule has 238 valence electrons. The van der Waals surface area contributed by atoms with Crippen molar-refractivity contribution in [2.75, 3.05) is 19.7 Å². The maximum absolute atomic E-state index is 12.5. The van der Waals surface area contributed by atoms with Crippen LogP contribution < -0.4 is 0 Å². The molecule has 0 atom stereocenters. The van der Waals surface area contributed by atoms with Crippen LogP contribution in [0.1, 0.15) is 201 Å². The number of ether oxygens (including phenoxy) is 1. The van der Waals surface area contributed by atoms with Gasteiger partial charge in [-0.05, 0) is 39.0 Å². The van der Waals surface area contributed by atoms with Crippen molar-refractivity contribution in [1.82, 2.24) is 4.90 Å². The average molecular weight is 566 g/mol. The number of hydrogen-bond acceptors (Lipinski definition) is 3. The standard InChI is InChI=1S/C36H71NO3/c1-4-7-9-11-13-15-16-17-18-20-22-24-28-32-36(39)40-34-30-26-25-29-33-37(6-3)35(38)31-27-23-21-19-14-12-10-8-5-2/h4-34H2,1-3H3. The molecule has 0 unspecified atom stereocenters. The van der Waals surface area contributed by atoms with Gasteiger partial charge in [-0.2, -0.15) is 0 Å². The summed E-state index contributed by atoms with van der Waals surface area (Å²) in [5, 5.41) is 0. The van der Waals surface area contributed by atoms with Gasteiger partial charge in [-0.15, -0.1) is 0 Å². The first-order chi connectivity index (χ1) is 19.7. The summed E-state index contributed by atoms with van der Waals surface area (Å²) in [5.41, 5.74) is 0. The van der Waals surface area contributed by atoms with E-state index in [0.29, 0.717) is 25.4 Å². The van der Waals surface area contributed by atoms with Gasteiger partial charge >= 0.3 is 5.97 Å². The minimum absolute atomic E-state index is 0.0256. The van der Waals surface area contributed by atoms with Gasteiger partial charge in [0.1, 0.15) is 0 Å². The zero-order valence-corrected chi connectivity index (χ0v) is 27.6. The lowest BCUT2D eigenvalue weighted by molar-refractivity contribution is -0.144. The quantitative estimate of drug-likeness (QED) is 0.0602. The van der Waals surface area contributed by atoms with Crippen molar-refractivity contribution in [2.45, 2.75) is 201 Å². The molecule has 40 heavy (non-hydrogen) atoms. The highest BCUT2D eigenvalue weighted by Gasteiger charge is 2.10. The predicted octanol–water partition coefficient (Wildman–Crippen LogP) is 11.3. The minimum Gasteiger partial charge on any atom is -0.466 e. The molecular formula is C36H71NO3. The predicted molar refractivity (Wildman–Crippen MR) is 174 cm³/mol. The number of rotatable bonds is 32. The van der Waals surface area contributed by atoms with Crippen LogP contribution in [-0.2, 0) is 14.3 Å². The van der Waals surface area contributed by atoms with Gasteiger partial charge in [0.25, 0.3) is 0 Å². The number of hydrogen-bond donors (Lipinski definition) is 0. The minimum atomic E-state index is -0.0256. The number of esters is 1. The van der Waals surface area contributed by atoms with Crippen LogP contribution in [0.4, 0.5) is 0 Å². The highest BCUT2D eigenvalue weighted by Crippen LogP contribution is 2.14. The zero-order chi connectivity index (χ0) is 29.4. The molecule has 0 rings (SSSR count). The van der Waals surface area contributed by atoms with Crippen LogP contribution in [0.5, 0.6) is 0 Å². The Morgan fingerprint density at radius 1 is 0.450 bits per heavy atom. The van der Waals surface area contributed by atoms with Gasteiger partial charge in [-0.1, -0.05) is 149 Å². The Morgan fingerprint density at radius 2 is 0.825 bits per heavy atom. The Kier molecular flexibility index (Phi) is 31.6. The van der Waals surface area contributed by atoms with Crippen LogP contribution in [0, 0.1) is 0 Å². The third kappa shape index (κ3) is 28.5. The molecule has 0 saturated heterocycles. The molecule has 0 heterocycles. The van der Waals surface area contributed by atoms with Crippen LogP contribution in [0.2, 0.25) is 0 Å². The van der Waals surface area contributed by atoms with Gasteiger partial charge in [0.2, 0.25) is 5.91 Å². The molecule has 0 aliphatic heterocycles. The van der Waals surface area contributed by atoms with Gasteiger partial charge in [-0.25, -0.2) is 0 Å². The lowest BCUT2D eigenvalue weighted by atomic mass is 10.0. The molecule has 1 amide bonds. The Balaban J connectivity index is 3.46. The SMILES string of the molecule is CCCCCCCCCCCCCCCC(=O)OCCCCCCN(CC)C(=O)CCCCCCCCCCC. The van der Waals surface area contributed by atoms with E-state index in [9.17, 15) is 9.59 Å². The van der Waals surface area contributed by atoms with Gasteiger partial charge in [-0.3, -0.25) is 9.59 Å². The molecule has 0 aromatic carbocycles. The molecule has 0 aliphatic rings. The van der Waals surface area contributed by atoms with Crippen molar-refractivity contribution in [2.24, 2.45) is 0 Å². The van der Waals surface area contributed by atoms with Crippen molar-refractivity contribution >= 4 is 11.9 Å². The van der Waals surface area contributed by atoms with E-state index >= 15 is 0 Å². The monoisotopic (exact) mass is 566 g/mol. The average Bonchev–Trinajstić information content (AvgIpc) is 2.96. The normalized spacial score (nSPS) is 11.2. The molecule has 0 aliphatic carbocycles. The van der Waals surface area contributed by atoms with E-state index in [2.05, 4.69) is 20.8 Å². The molecule has 0 aromatic heterocycles. The zero-order valence-electron chi connectivity index (χ0n) is 27.6. The molecular weight excluding hydrogens is 494 g/mol. The summed E-state index contributed by atoms with van der Waals surface area (Å²) >= 11 is 0. The van der Waals surface area contributed by atoms with E-state index in [4.69, 9.17) is 4.74 Å². The number of carbonyl (C=O) groups excluding carboxylic acids is 2. The summed E-state index contributed by atoms with van der Waals surface area (Å²) in [6.07, 6.45) is 34.2. The second-order valence-corrected chi connectivity index (χ2v) is 12.2. The Labute approximate surface area is 251 Å². The maximum Gasteiger partial charge on any atom is 0.305 e. The summed E-state index contributed by atoms with van der Waals surface area (Å²) < 4.78 is 5.43. The van der Waals surface area contributed by atoms with Gasteiger partial charge in [0.05, 0.1) is 6.61 Å². The number of carbonyl (C=O) groups is 2. The number of nitrogens with zero attached hydrogens (tertiary/aromatic N) is 1. The van der Waals surface area contributed by atoms with Crippen LogP contribution in [0.15, 0.2) is 0 Å². The highest BCUT2D eigenvalue weighted by molar-refractivity contribution is 5.76. The lowest BCUT2D eigenvalue weighted by Gasteiger charge is -2.21. The molecule has 0 saturated carbocycles. The molecule has 4 nitrogen and oxygen atoms in total. The van der Waals surface area contributed by atoms with E-state index in [0.717, 1.165) is 58.0 Å². The van der Waals surface area contributed by atoms with E-state index in [1.165, 1.54) is 122 Å². The fourth-order valence-electron chi connectivity index (χ4n) is 5.51. The van der Waals surface area contributed by atoms with Crippen molar-refractivity contribution in [3.05, 3.63) is 0 Å². The molecule has 0 bridgehead atoms. The molecule has 0 fully saturated rings. The van der Waals surface area contributed by atoms with E-state index < -0.39 is 0 Å². The van der Waals surface area contributed by atoms with Crippen molar-refractivity contribution in [3.63, 3.8) is 0 Å². The molecule has 0 aromatic rings. The van der Waals surface area contributed by atoms with E-state index in [1.54, 1.807) is 0 Å². The molecule has 0 spiro atoms. The smallest absolute Gasteiger partial charge is 0.305 e. The molecule has 4 heteroatoms. The van der Waals surface area contributed by atoms with Crippen molar-refractivity contribution < 1.29 is 14.3 Å². The van der Waals surface area contributed by atoms with Crippen LogP contribution >= 0.6 is 0 Å². The summed E-state index contributed by atoms with van der Waals surface area (Å²) in [6.45, 7) is 8.85. The Bertz CT molecular complexity index is 536. The van der Waals surface area contributed by atoms with Crippen LogP contribution in [0.3, 0.4) is 0 Å². The third-order valence-corrected chi connectivity index (χ3v) is 8.30. The van der Waals surface area contributed by atoms with Crippen LogP contribution in [0.25, 0.3) is 0 Å². The van der Waals surface area contributed by atoms with Gasteiger partial charge < -0.3 is 9.64 Å². The summed E-state index contributed by atoms with van der Waals surface area (Å²) in [4.78, 5) is 26.5. The topological polar surface area (TPSA) is 46.6 Å². The fourth-order valence-corrected chi connectivity index (χ4v) is 5.51. The van der Waals surface area contributed by atoms with Crippen molar-refractivity contribution in [3.8, 4) is 0 Å². The second-order valence-electron chi connectivity index (χ2n) is 12.2. The first-order valence-corrected chi connectivity index (χ1v) is 18.1. The summed E-state index contributed by atoms with van der Waals surface area (Å²) in [6, 6.07) is 0. The van der Waals surface area contributed by atoms with Crippen LogP contribution in [-0.4, -0.2) is 36.5 Å². The molecule has 0 radical (unpaired) electrons. The lowest BCUT2D eigenvalue weighted by Crippen LogP contribution is -2.31. The molecule has 0 N–H and O–H groups in total. The number of unbranched alkanes of at least 4 members (excludes halogenated alkanes) is 23. The fraction of sp³-hybridized carbons (Fsp3) is 0.944. The maximum atomic E-state index is 12.5. The Hall–Kier alpha value is -1.06. The largest absolute Gasteiger partial charge is 0.466 e. The van der Waals surface area contributed by atoms with Crippen molar-refractivity contribution in [1.29, 1.82) is 0 Å². The Morgan fingerprint density at radius 3 is 1.27 bits per heavy atom. The third-order valence-electron chi connectivity index (χ3n) is 8.30.